The molecule has 0 bridgehead atoms. The lowest BCUT2D eigenvalue weighted by Crippen LogP contribution is -2.44. The van der Waals surface area contributed by atoms with Gasteiger partial charge in [-0.05, 0) is 25.5 Å². The van der Waals surface area contributed by atoms with Crippen molar-refractivity contribution in [2.24, 2.45) is 0 Å². The van der Waals surface area contributed by atoms with Crippen LogP contribution in [0.5, 0.6) is 0 Å². The maximum atomic E-state index is 11.9. The zero-order valence-corrected chi connectivity index (χ0v) is 12.1. The molecule has 1 amide bonds. The zero-order chi connectivity index (χ0) is 13.4. The van der Waals surface area contributed by atoms with Crippen LogP contribution in [0.25, 0.3) is 0 Å². The third-order valence-electron chi connectivity index (χ3n) is 3.33. The Labute approximate surface area is 114 Å². The van der Waals surface area contributed by atoms with E-state index in [1.807, 2.05) is 11.2 Å². The summed E-state index contributed by atoms with van der Waals surface area (Å²) in [6.45, 7) is 4.67. The molecule has 0 aromatic rings. The monoisotopic (exact) mass is 270 g/mol. The first-order valence-corrected chi connectivity index (χ1v) is 7.72. The van der Waals surface area contributed by atoms with Gasteiger partial charge in [0.15, 0.2) is 0 Å². The number of nitriles is 1. The van der Waals surface area contributed by atoms with Crippen LogP contribution in [0.3, 0.4) is 0 Å². The molecule has 0 N–H and O–H groups in total. The molecular formula is C13H22N2O2S. The summed E-state index contributed by atoms with van der Waals surface area (Å²) in [5, 5.41) is 9.17. The number of carbonyl (C=O) groups is 1. The molecule has 0 radical (unpaired) electrons. The van der Waals surface area contributed by atoms with Gasteiger partial charge in [-0.3, -0.25) is 4.79 Å². The number of nitrogens with zero attached hydrogens (tertiary/aromatic N) is 2. The molecule has 18 heavy (non-hydrogen) atoms. The Hall–Kier alpha value is -0.730. The number of likely N-dealkylation sites (tertiary alicyclic amines) is 1. The van der Waals surface area contributed by atoms with Gasteiger partial charge in [0.2, 0.25) is 5.91 Å². The molecule has 102 valence electrons. The normalized spacial score (nSPS) is 18.4. The number of hydrogen-bond donors (Lipinski definition) is 0. The van der Waals surface area contributed by atoms with Gasteiger partial charge < -0.3 is 9.64 Å². The number of ether oxygens (including phenoxy) is 1. The molecule has 1 fully saturated rings. The van der Waals surface area contributed by atoms with E-state index < -0.39 is 0 Å². The van der Waals surface area contributed by atoms with Gasteiger partial charge in [-0.2, -0.15) is 5.26 Å². The van der Waals surface area contributed by atoms with Crippen LogP contribution in [-0.4, -0.2) is 48.1 Å². The maximum Gasteiger partial charge on any atom is 0.224 e. The summed E-state index contributed by atoms with van der Waals surface area (Å²) in [5.74, 6) is 0.152. The second kappa shape index (κ2) is 7.65. The average molecular weight is 270 g/mol. The molecule has 5 heteroatoms. The number of rotatable bonds is 6. The van der Waals surface area contributed by atoms with E-state index in [0.29, 0.717) is 26.1 Å². The summed E-state index contributed by atoms with van der Waals surface area (Å²) in [7, 11) is 0. The number of thioether (sulfide) groups is 1. The topological polar surface area (TPSA) is 53.3 Å². The lowest BCUT2D eigenvalue weighted by atomic mass is 9.97. The average Bonchev–Trinajstić information content (AvgIpc) is 2.43. The van der Waals surface area contributed by atoms with E-state index in [-0.39, 0.29) is 10.7 Å². The Bertz CT molecular complexity index is 307. The predicted molar refractivity (Wildman–Crippen MR) is 73.4 cm³/mol. The van der Waals surface area contributed by atoms with Gasteiger partial charge >= 0.3 is 0 Å². The highest BCUT2D eigenvalue weighted by atomic mass is 32.2. The minimum Gasteiger partial charge on any atom is -0.381 e. The second-order valence-electron chi connectivity index (χ2n) is 4.55. The lowest BCUT2D eigenvalue weighted by molar-refractivity contribution is -0.133. The van der Waals surface area contributed by atoms with Crippen molar-refractivity contribution in [3.63, 3.8) is 0 Å². The Morgan fingerprint density at radius 3 is 2.61 bits per heavy atom. The second-order valence-corrected chi connectivity index (χ2v) is 5.74. The first-order chi connectivity index (χ1) is 8.67. The zero-order valence-electron chi connectivity index (χ0n) is 11.3. The van der Waals surface area contributed by atoms with E-state index in [2.05, 4.69) is 13.0 Å². The molecule has 0 unspecified atom stereocenters. The molecule has 0 aromatic heterocycles. The van der Waals surface area contributed by atoms with Crippen LogP contribution in [0.2, 0.25) is 0 Å². The van der Waals surface area contributed by atoms with E-state index in [0.717, 1.165) is 25.9 Å². The van der Waals surface area contributed by atoms with E-state index >= 15 is 0 Å². The predicted octanol–water partition coefficient (Wildman–Crippen LogP) is 2.05. The largest absolute Gasteiger partial charge is 0.381 e. The van der Waals surface area contributed by atoms with Crippen molar-refractivity contribution in [1.82, 2.24) is 4.90 Å². The van der Waals surface area contributed by atoms with Crippen LogP contribution < -0.4 is 0 Å². The van der Waals surface area contributed by atoms with E-state index in [1.54, 1.807) is 11.8 Å². The molecule has 1 saturated heterocycles. The van der Waals surface area contributed by atoms with Crippen molar-refractivity contribution in [3.8, 4) is 6.07 Å². The summed E-state index contributed by atoms with van der Waals surface area (Å²) in [4.78, 5) is 13.8. The molecule has 1 heterocycles. The Balaban J connectivity index is 2.30. The summed E-state index contributed by atoms with van der Waals surface area (Å²) >= 11 is 1.61. The molecule has 0 atom stereocenters. The minimum absolute atomic E-state index is 0.152. The summed E-state index contributed by atoms with van der Waals surface area (Å²) in [6, 6.07) is 2.39. The Morgan fingerprint density at radius 1 is 1.44 bits per heavy atom. The summed E-state index contributed by atoms with van der Waals surface area (Å²) in [6.07, 6.45) is 4.95. The summed E-state index contributed by atoms with van der Waals surface area (Å²) in [5.41, 5.74) is 0. The smallest absolute Gasteiger partial charge is 0.224 e. The van der Waals surface area contributed by atoms with Crippen LogP contribution >= 0.6 is 11.8 Å². The van der Waals surface area contributed by atoms with Crippen molar-refractivity contribution in [3.05, 3.63) is 0 Å². The highest BCUT2D eigenvalue weighted by molar-refractivity contribution is 8.00. The third-order valence-corrected chi connectivity index (χ3v) is 4.61. The number of carbonyl (C=O) groups excluding carboxylic acids is 1. The van der Waals surface area contributed by atoms with Gasteiger partial charge in [-0.1, -0.05) is 6.92 Å². The van der Waals surface area contributed by atoms with E-state index in [4.69, 9.17) is 4.74 Å². The SMILES string of the molecule is CCCOCCC(=O)N1CCC(C#N)(SC)CC1. The molecule has 0 spiro atoms. The number of amides is 1. The third kappa shape index (κ3) is 4.18. The maximum absolute atomic E-state index is 11.9. The Morgan fingerprint density at radius 2 is 2.11 bits per heavy atom. The van der Waals surface area contributed by atoms with Gasteiger partial charge in [-0.15, -0.1) is 11.8 Å². The quantitative estimate of drug-likeness (QED) is 0.693. The minimum atomic E-state index is -0.282. The van der Waals surface area contributed by atoms with Crippen LogP contribution in [0.15, 0.2) is 0 Å². The fourth-order valence-electron chi connectivity index (χ4n) is 2.04. The van der Waals surface area contributed by atoms with Crippen LogP contribution in [0.4, 0.5) is 0 Å². The van der Waals surface area contributed by atoms with E-state index in [9.17, 15) is 10.1 Å². The van der Waals surface area contributed by atoms with Gasteiger partial charge in [0.1, 0.15) is 4.75 Å². The van der Waals surface area contributed by atoms with Crippen molar-refractivity contribution in [2.45, 2.75) is 37.4 Å². The van der Waals surface area contributed by atoms with Crippen LogP contribution in [0, 0.1) is 11.3 Å². The fraction of sp³-hybridized carbons (Fsp3) is 0.846. The molecular weight excluding hydrogens is 248 g/mol. The van der Waals surface area contributed by atoms with Crippen molar-refractivity contribution in [2.75, 3.05) is 32.6 Å². The molecule has 1 rings (SSSR count). The molecule has 4 nitrogen and oxygen atoms in total. The van der Waals surface area contributed by atoms with Crippen LogP contribution in [-0.2, 0) is 9.53 Å². The highest BCUT2D eigenvalue weighted by Crippen LogP contribution is 2.33. The first kappa shape index (κ1) is 15.3. The van der Waals surface area contributed by atoms with Crippen molar-refractivity contribution < 1.29 is 9.53 Å². The van der Waals surface area contributed by atoms with E-state index in [1.165, 1.54) is 0 Å². The van der Waals surface area contributed by atoms with Crippen molar-refractivity contribution >= 4 is 17.7 Å². The summed E-state index contributed by atoms with van der Waals surface area (Å²) < 4.78 is 5.04. The first-order valence-electron chi connectivity index (χ1n) is 6.49. The molecule has 1 aliphatic rings. The molecule has 0 aromatic carbocycles. The molecule has 1 aliphatic heterocycles. The highest BCUT2D eigenvalue weighted by Gasteiger charge is 2.35. The molecule has 0 aliphatic carbocycles. The van der Waals surface area contributed by atoms with Crippen molar-refractivity contribution in [1.29, 1.82) is 5.26 Å². The number of piperidine rings is 1. The van der Waals surface area contributed by atoms with Gasteiger partial charge in [-0.25, -0.2) is 0 Å². The van der Waals surface area contributed by atoms with Gasteiger partial charge in [0, 0.05) is 19.7 Å². The molecule has 0 saturated carbocycles. The number of hydrogen-bond acceptors (Lipinski definition) is 4. The lowest BCUT2D eigenvalue weighted by Gasteiger charge is -2.36. The van der Waals surface area contributed by atoms with Gasteiger partial charge in [0.25, 0.3) is 0 Å². The van der Waals surface area contributed by atoms with Gasteiger partial charge in [0.05, 0.1) is 19.1 Å². The van der Waals surface area contributed by atoms with Crippen LogP contribution in [0.1, 0.15) is 32.6 Å². The fourth-order valence-corrected chi connectivity index (χ4v) is 2.72. The standard InChI is InChI=1S/C13H22N2O2S/c1-3-9-17-10-4-12(16)15-7-5-13(11-14,18-2)6-8-15/h3-10H2,1-2H3. The Kier molecular flexibility index (Phi) is 6.51.